The van der Waals surface area contributed by atoms with Crippen LogP contribution in [0.25, 0.3) is 0 Å². The van der Waals surface area contributed by atoms with Gasteiger partial charge in [-0.3, -0.25) is 4.99 Å². The summed E-state index contributed by atoms with van der Waals surface area (Å²) in [7, 11) is 0. The second-order valence-corrected chi connectivity index (χ2v) is 6.46. The number of nitrogens with zero attached hydrogens (tertiary/aromatic N) is 1. The number of rotatable bonds is 1. The molecular weight excluding hydrogens is 244 g/mol. The van der Waals surface area contributed by atoms with Crippen molar-refractivity contribution in [2.24, 2.45) is 4.99 Å². The van der Waals surface area contributed by atoms with Crippen molar-refractivity contribution in [2.75, 3.05) is 6.54 Å². The number of hydrogen-bond donors (Lipinski definition) is 1. The molecule has 0 spiro atoms. The normalized spacial score (nSPS) is 23.8. The molecule has 1 aromatic carbocycles. The number of hydrogen-bond acceptors (Lipinski definition) is 1. The molecule has 2 heteroatoms. The first-order chi connectivity index (χ1) is 9.58. The van der Waals surface area contributed by atoms with Gasteiger partial charge in [0.1, 0.15) is 0 Å². The highest BCUT2D eigenvalue weighted by molar-refractivity contribution is 5.84. The predicted octanol–water partition coefficient (Wildman–Crippen LogP) is 3.56. The fourth-order valence-electron chi connectivity index (χ4n) is 3.75. The Bertz CT molecular complexity index is 562. The van der Waals surface area contributed by atoms with E-state index in [1.807, 2.05) is 0 Å². The highest BCUT2D eigenvalue weighted by Crippen LogP contribution is 2.33. The van der Waals surface area contributed by atoms with Crippen molar-refractivity contribution in [3.8, 4) is 0 Å². The van der Waals surface area contributed by atoms with E-state index in [9.17, 15) is 0 Å². The molecule has 20 heavy (non-hydrogen) atoms. The van der Waals surface area contributed by atoms with Gasteiger partial charge < -0.3 is 5.32 Å². The van der Waals surface area contributed by atoms with Crippen LogP contribution < -0.4 is 5.32 Å². The van der Waals surface area contributed by atoms with Crippen molar-refractivity contribution in [1.82, 2.24) is 5.32 Å². The van der Waals surface area contributed by atoms with Crippen molar-refractivity contribution < 1.29 is 0 Å². The standard InChI is InChI=1S/C18H26N2/c1-11-12(2)14(4)17-10-15(7-8-16(17)13(11)3)20-18-6-5-9-19-18/h15H,5-10H2,1-4H3,(H,19,20). The molecule has 1 N–H and O–H groups in total. The van der Waals surface area contributed by atoms with Crippen LogP contribution in [0.5, 0.6) is 0 Å². The molecule has 1 aliphatic heterocycles. The smallest absolute Gasteiger partial charge is 0.0967 e. The SMILES string of the molecule is Cc1c(C)c(C)c2c(c1C)CCC(/N=C1/CCCN1)C2. The lowest BCUT2D eigenvalue weighted by molar-refractivity contribution is 0.571. The highest BCUT2D eigenvalue weighted by atomic mass is 15.0. The molecule has 1 fully saturated rings. The molecule has 1 atom stereocenters. The van der Waals surface area contributed by atoms with Crippen molar-refractivity contribution in [3.63, 3.8) is 0 Å². The molecule has 1 saturated heterocycles. The molecule has 1 aliphatic carbocycles. The fourth-order valence-corrected chi connectivity index (χ4v) is 3.75. The summed E-state index contributed by atoms with van der Waals surface area (Å²) in [5.74, 6) is 1.25. The number of fused-ring (bicyclic) bond motifs is 1. The third kappa shape index (κ3) is 2.25. The van der Waals surface area contributed by atoms with Crippen LogP contribution in [0.2, 0.25) is 0 Å². The first kappa shape index (κ1) is 13.7. The average Bonchev–Trinajstić information content (AvgIpc) is 2.95. The Morgan fingerprint density at radius 2 is 1.60 bits per heavy atom. The van der Waals surface area contributed by atoms with Gasteiger partial charge in [-0.05, 0) is 86.8 Å². The van der Waals surface area contributed by atoms with Gasteiger partial charge in [-0.25, -0.2) is 0 Å². The molecule has 1 heterocycles. The number of aliphatic imine (C=N–C) groups is 1. The number of amidine groups is 1. The summed E-state index contributed by atoms with van der Waals surface area (Å²) in [5.41, 5.74) is 9.20. The average molecular weight is 270 g/mol. The van der Waals surface area contributed by atoms with Crippen molar-refractivity contribution in [1.29, 1.82) is 0 Å². The Morgan fingerprint density at radius 1 is 0.900 bits per heavy atom. The maximum Gasteiger partial charge on any atom is 0.0967 e. The molecule has 3 rings (SSSR count). The van der Waals surface area contributed by atoms with Crippen molar-refractivity contribution in [2.45, 2.75) is 65.8 Å². The van der Waals surface area contributed by atoms with E-state index in [1.54, 1.807) is 11.1 Å². The van der Waals surface area contributed by atoms with Gasteiger partial charge in [0.15, 0.2) is 0 Å². The zero-order valence-electron chi connectivity index (χ0n) is 13.3. The molecule has 0 amide bonds. The molecule has 2 nitrogen and oxygen atoms in total. The summed E-state index contributed by atoms with van der Waals surface area (Å²) in [6.45, 7) is 10.2. The molecule has 108 valence electrons. The molecule has 1 unspecified atom stereocenters. The molecule has 1 aromatic rings. The Kier molecular flexibility index (Phi) is 3.57. The topological polar surface area (TPSA) is 24.4 Å². The van der Waals surface area contributed by atoms with E-state index < -0.39 is 0 Å². The van der Waals surface area contributed by atoms with E-state index in [2.05, 4.69) is 33.0 Å². The van der Waals surface area contributed by atoms with Gasteiger partial charge in [0.2, 0.25) is 0 Å². The largest absolute Gasteiger partial charge is 0.374 e. The van der Waals surface area contributed by atoms with E-state index in [0.29, 0.717) is 6.04 Å². The van der Waals surface area contributed by atoms with E-state index in [-0.39, 0.29) is 0 Å². The maximum atomic E-state index is 4.96. The van der Waals surface area contributed by atoms with Gasteiger partial charge >= 0.3 is 0 Å². The predicted molar refractivity (Wildman–Crippen MR) is 85.9 cm³/mol. The first-order valence-corrected chi connectivity index (χ1v) is 7.96. The molecule has 0 saturated carbocycles. The molecule has 0 aromatic heterocycles. The van der Waals surface area contributed by atoms with Gasteiger partial charge in [-0.2, -0.15) is 0 Å². The van der Waals surface area contributed by atoms with Gasteiger partial charge in [0, 0.05) is 13.0 Å². The number of nitrogens with one attached hydrogen (secondary N) is 1. The number of benzene rings is 1. The Labute approximate surface area is 122 Å². The Balaban J connectivity index is 1.93. The lowest BCUT2D eigenvalue weighted by atomic mass is 9.80. The van der Waals surface area contributed by atoms with Crippen molar-refractivity contribution in [3.05, 3.63) is 33.4 Å². The van der Waals surface area contributed by atoms with Crippen LogP contribution >= 0.6 is 0 Å². The summed E-state index contributed by atoms with van der Waals surface area (Å²) < 4.78 is 0. The maximum absolute atomic E-state index is 4.96. The van der Waals surface area contributed by atoms with Crippen LogP contribution in [-0.4, -0.2) is 18.4 Å². The first-order valence-electron chi connectivity index (χ1n) is 7.96. The molecular formula is C18H26N2. The lowest BCUT2D eigenvalue weighted by Gasteiger charge is -2.28. The second kappa shape index (κ2) is 5.23. The highest BCUT2D eigenvalue weighted by Gasteiger charge is 2.24. The van der Waals surface area contributed by atoms with E-state index in [4.69, 9.17) is 4.99 Å². The third-order valence-electron chi connectivity index (χ3n) is 5.38. The monoisotopic (exact) mass is 270 g/mol. The van der Waals surface area contributed by atoms with Gasteiger partial charge in [-0.15, -0.1) is 0 Å². The molecule has 2 aliphatic rings. The van der Waals surface area contributed by atoms with Crippen molar-refractivity contribution >= 4 is 5.84 Å². The Hall–Kier alpha value is -1.31. The van der Waals surface area contributed by atoms with E-state index in [1.165, 1.54) is 47.4 Å². The minimum absolute atomic E-state index is 0.489. The quantitative estimate of drug-likeness (QED) is 0.829. The fraction of sp³-hybridized carbons (Fsp3) is 0.611. The lowest BCUT2D eigenvalue weighted by Crippen LogP contribution is -2.24. The van der Waals surface area contributed by atoms with Crippen LogP contribution in [0.1, 0.15) is 52.6 Å². The summed E-state index contributed by atoms with van der Waals surface area (Å²) in [5, 5.41) is 3.42. The minimum Gasteiger partial charge on any atom is -0.374 e. The summed E-state index contributed by atoms with van der Waals surface area (Å²) >= 11 is 0. The molecule has 0 bridgehead atoms. The van der Waals surface area contributed by atoms with Crippen LogP contribution in [-0.2, 0) is 12.8 Å². The van der Waals surface area contributed by atoms with E-state index in [0.717, 1.165) is 19.4 Å². The Morgan fingerprint density at radius 3 is 2.25 bits per heavy atom. The summed E-state index contributed by atoms with van der Waals surface area (Å²) in [6, 6.07) is 0.489. The second-order valence-electron chi connectivity index (χ2n) is 6.46. The zero-order chi connectivity index (χ0) is 14.3. The minimum atomic E-state index is 0.489. The van der Waals surface area contributed by atoms with Crippen LogP contribution in [0, 0.1) is 27.7 Å². The zero-order valence-corrected chi connectivity index (χ0v) is 13.3. The van der Waals surface area contributed by atoms with Crippen LogP contribution in [0.15, 0.2) is 4.99 Å². The summed E-state index contributed by atoms with van der Waals surface area (Å²) in [4.78, 5) is 4.96. The summed E-state index contributed by atoms with van der Waals surface area (Å²) in [6.07, 6.45) is 5.94. The van der Waals surface area contributed by atoms with Gasteiger partial charge in [0.05, 0.1) is 11.9 Å². The third-order valence-corrected chi connectivity index (χ3v) is 5.38. The van der Waals surface area contributed by atoms with Crippen LogP contribution in [0.3, 0.4) is 0 Å². The van der Waals surface area contributed by atoms with Crippen LogP contribution in [0.4, 0.5) is 0 Å². The van der Waals surface area contributed by atoms with Gasteiger partial charge in [-0.1, -0.05) is 0 Å². The molecule has 0 radical (unpaired) electrons. The van der Waals surface area contributed by atoms with E-state index >= 15 is 0 Å². The van der Waals surface area contributed by atoms with Gasteiger partial charge in [0.25, 0.3) is 0 Å².